The Hall–Kier alpha value is 0.151. The van der Waals surface area contributed by atoms with E-state index in [0.29, 0.717) is 65.3 Å². The second kappa shape index (κ2) is 57.0. The summed E-state index contributed by atoms with van der Waals surface area (Å²) in [4.78, 5) is 74.8. The summed E-state index contributed by atoms with van der Waals surface area (Å²) < 4.78 is 180. The van der Waals surface area contributed by atoms with Gasteiger partial charge in [0, 0.05) is 69.7 Å². The van der Waals surface area contributed by atoms with Gasteiger partial charge in [-0.15, -0.1) is 0 Å². The summed E-state index contributed by atoms with van der Waals surface area (Å²) in [6.45, 7) is 114. The molecule has 0 heterocycles. The van der Waals surface area contributed by atoms with Crippen LogP contribution in [0.2, 0.25) is 300 Å². The van der Waals surface area contributed by atoms with Gasteiger partial charge in [-0.3, -0.25) is 9.59 Å². The summed E-state index contributed by atoms with van der Waals surface area (Å²) in [5, 5.41) is 5.94. The van der Waals surface area contributed by atoms with Crippen LogP contribution in [0, 0.1) is 27.6 Å². The van der Waals surface area contributed by atoms with Crippen molar-refractivity contribution in [1.29, 1.82) is 0 Å². The van der Waals surface area contributed by atoms with Crippen LogP contribution in [-0.2, 0) is 134 Å². The molecule has 0 radical (unpaired) electrons. The van der Waals surface area contributed by atoms with E-state index in [2.05, 4.69) is 196 Å². The van der Waals surface area contributed by atoms with Crippen LogP contribution in [0.3, 0.4) is 0 Å². The smallest absolute Gasteiger partial charge is 0.407 e. The summed E-state index contributed by atoms with van der Waals surface area (Å²) in [7, 11) is -62.4. The van der Waals surface area contributed by atoms with Gasteiger partial charge in [0.2, 0.25) is 0 Å². The summed E-state index contributed by atoms with van der Waals surface area (Å²) >= 11 is 0. The van der Waals surface area contributed by atoms with Crippen LogP contribution in [0.15, 0.2) is 25.3 Å². The molecule has 2 aliphatic rings. The predicted octanol–water partition coefficient (Wildman–Crippen LogP) is 24.8. The number of ether oxygens (including phenoxy) is 6. The lowest BCUT2D eigenvalue weighted by molar-refractivity contribution is -0.140. The number of nitrogens with one attached hydrogen (secondary N) is 2. The zero-order valence-corrected chi connectivity index (χ0v) is 125. The zero-order chi connectivity index (χ0) is 116. The van der Waals surface area contributed by atoms with Crippen molar-refractivity contribution in [3.05, 3.63) is 25.3 Å². The Morgan fingerprint density at radius 1 is 0.268 bits per heavy atom. The van der Waals surface area contributed by atoms with Gasteiger partial charge in [0.15, 0.2) is 16.6 Å². The lowest BCUT2D eigenvalue weighted by Crippen LogP contribution is -2.63. The molecule has 0 aromatic carbocycles. The highest BCUT2D eigenvalue weighted by Crippen LogP contribution is 2.51. The highest BCUT2D eigenvalue weighted by Gasteiger charge is 2.57. The molecule has 4 unspecified atom stereocenters. The molecule has 0 bridgehead atoms. The molecule has 2 aliphatic carbocycles. The van der Waals surface area contributed by atoms with Crippen molar-refractivity contribution in [2.45, 2.75) is 444 Å². The first-order valence-corrected chi connectivity index (χ1v) is 116. The minimum Gasteiger partial charge on any atom is -0.462 e. The lowest BCUT2D eigenvalue weighted by Gasteiger charge is -2.46. The van der Waals surface area contributed by atoms with Gasteiger partial charge in [-0.25, -0.2) is 19.2 Å². The van der Waals surface area contributed by atoms with E-state index in [-0.39, 0.29) is 71.4 Å². The Morgan fingerprint density at radius 2 is 0.523 bits per heavy atom. The Balaban J connectivity index is 1.90. The van der Waals surface area contributed by atoms with E-state index in [1.807, 2.05) is 157 Å². The third kappa shape index (κ3) is 65.9. The number of hydrogen-bond donors (Lipinski definition) is 2. The molecule has 0 saturated heterocycles. The molecular formula is C92H212N2O33Si22. The fraction of sp³-hybridized carbons (Fsp3) is 0.891. The maximum atomic E-state index is 13.4. The standard InChI is InChI=1S/C92H212N2O33Si22/c1-53-85(97)103-68-62-84(96)81-73-89(3,4)79-92(8,74-81)80-93-87(99)105-66-58-56-55-57-63-101-64-59-71-128(9,10)107-130(13,14)109-132(17,18)111-134(21,22)113-136(25,26)115-138(29,30)117-140(33,34)119-142(37,38)121-144(41,42)123-146(45,46)125-148(49,50)127-149(51,52)126-147(47,48)124-145(43,44)122-143(39,40)120-141(35,36)118-139(31,32)116-137(27,28)114-135(23,24)112-133(19,20)110-131(15,16)108-129(11,12)72-60-65-102-67-61-83(95)77-91(7)76-82(75-90(5,6)78-91)94-88(100)106-70-69-104-86(98)54-2/h53-54,81-82H,1-2,55-80H2,3-52H3,(H,93,99)(H,94,100). The summed E-state index contributed by atoms with van der Waals surface area (Å²) in [6, 6.07) is 1.62. The van der Waals surface area contributed by atoms with E-state index < -0.39 is 212 Å². The third-order valence-corrected chi connectivity index (χ3v) is 109. The van der Waals surface area contributed by atoms with Crippen molar-refractivity contribution < 1.29 is 144 Å². The van der Waals surface area contributed by atoms with Crippen molar-refractivity contribution in [1.82, 2.24) is 10.6 Å². The van der Waals surface area contributed by atoms with Crippen LogP contribution in [0.4, 0.5) is 9.59 Å². The predicted molar refractivity (Wildman–Crippen MR) is 645 cm³/mol. The van der Waals surface area contributed by atoms with Crippen molar-refractivity contribution in [3.63, 3.8) is 0 Å². The van der Waals surface area contributed by atoms with Gasteiger partial charge < -0.3 is 125 Å². The van der Waals surface area contributed by atoms with Crippen LogP contribution in [-0.4, -0.2) is 289 Å². The molecule has 2 rings (SSSR count). The van der Waals surface area contributed by atoms with Crippen LogP contribution >= 0.6 is 0 Å². The molecule has 2 N–H and O–H groups in total. The number of hydrogen-bond acceptors (Lipinski definition) is 33. The number of alkyl carbamates (subject to hydrolysis) is 2. The minimum atomic E-state index is -2.96. The first-order valence-electron chi connectivity index (χ1n) is 53.7. The molecule has 57 heteroatoms. The van der Waals surface area contributed by atoms with Crippen LogP contribution < -0.4 is 10.6 Å². The Bertz CT molecular complexity index is 4240. The molecule has 0 aromatic rings. The van der Waals surface area contributed by atoms with Gasteiger partial charge in [0.25, 0.3) is 0 Å². The average molecular weight is 2490 g/mol. The Morgan fingerprint density at radius 3 is 0.832 bits per heavy atom. The summed E-state index contributed by atoms with van der Waals surface area (Å²) in [5.41, 5.74) is -0.764. The van der Waals surface area contributed by atoms with E-state index >= 15 is 0 Å². The Kier molecular flexibility index (Phi) is 55.6. The highest BCUT2D eigenvalue weighted by atomic mass is 28.6. The van der Waals surface area contributed by atoms with Gasteiger partial charge in [0.1, 0.15) is 24.8 Å². The maximum Gasteiger partial charge on any atom is 0.407 e. The number of unbranched alkanes of at least 4 members (excludes halogenated alkanes) is 3. The van der Waals surface area contributed by atoms with Gasteiger partial charge in [-0.2, -0.15) is 0 Å². The van der Waals surface area contributed by atoms with Gasteiger partial charge >= 0.3 is 195 Å². The van der Waals surface area contributed by atoms with Crippen molar-refractivity contribution in [2.75, 3.05) is 59.4 Å². The van der Waals surface area contributed by atoms with Crippen LogP contribution in [0.25, 0.3) is 0 Å². The largest absolute Gasteiger partial charge is 0.462 e. The molecule has 0 aliphatic heterocycles. The monoisotopic (exact) mass is 2490 g/mol. The molecule has 35 nitrogen and oxygen atoms in total. The summed E-state index contributed by atoms with van der Waals surface area (Å²) in [6.07, 6.45) is 11.8. The third-order valence-electron chi connectivity index (χ3n) is 22.9. The van der Waals surface area contributed by atoms with E-state index in [9.17, 15) is 28.8 Å². The zero-order valence-electron chi connectivity index (χ0n) is 103. The number of rotatable bonds is 74. The number of carbonyl (C=O) groups is 6. The highest BCUT2D eigenvalue weighted by molar-refractivity contribution is 6.97. The quantitative estimate of drug-likeness (QED) is 0.0188. The second-order valence-electron chi connectivity index (χ2n) is 53.2. The van der Waals surface area contributed by atoms with E-state index in [1.54, 1.807) is 0 Å². The van der Waals surface area contributed by atoms with Crippen LogP contribution in [0.1, 0.15) is 138 Å². The lowest BCUT2D eigenvalue weighted by atomic mass is 9.59. The molecule has 876 valence electrons. The topological polar surface area (TPSA) is 376 Å². The molecule has 4 atom stereocenters. The number of Topliss-reactive ketones (excluding diaryl/α,β-unsaturated/α-hetero) is 2. The van der Waals surface area contributed by atoms with Crippen molar-refractivity contribution in [3.8, 4) is 0 Å². The fourth-order valence-electron chi connectivity index (χ4n) is 23.3. The van der Waals surface area contributed by atoms with E-state index in [0.717, 1.165) is 88.4 Å². The SMILES string of the molecule is C=CC(=O)OCCOC(=O)NC1CC(C)(C)CC(C)(CC(=O)CCOCCC[Si](C)(C)O[Si](C)(C)O[Si](C)(C)O[Si](C)(C)O[Si](C)(C)O[Si](C)(C)O[Si](C)(C)O[Si](C)(C)O[Si](C)(C)O[Si](C)(C)O[Si](C)(C)O[Si](C)(C)O[Si](C)(C)O[Si](C)(C)O[Si](C)(C)O[Si](C)(C)O[Si](C)(C)O[Si](C)(C)O[Si](C)(C)O[Si](C)(C)O[Si](C)(C)O[Si](C)(C)CCCOCCCCCCOC(=O)NCC2(C)CC(C(=O)CCOC(=O)C=C)CC(C)(C)C2)C1. The van der Waals surface area contributed by atoms with Crippen LogP contribution in [0.5, 0.6) is 0 Å². The molecular weight excluding hydrogens is 2280 g/mol. The number of ketones is 2. The first-order chi connectivity index (χ1) is 66.3. The molecule has 2 saturated carbocycles. The number of amides is 2. The van der Waals surface area contributed by atoms with Gasteiger partial charge in [-0.1, -0.05) is 61.1 Å². The van der Waals surface area contributed by atoms with E-state index in [1.165, 1.54) is 0 Å². The average Bonchev–Trinajstić information content (AvgIpc) is 0.793. The number of esters is 2. The number of carbonyl (C=O) groups excluding carboxylic acids is 6. The normalized spacial score (nSPS) is 19.1. The molecule has 149 heavy (non-hydrogen) atoms. The fourth-order valence-corrected chi connectivity index (χ4v) is 138. The molecule has 0 spiro atoms. The molecule has 0 aromatic heterocycles. The van der Waals surface area contributed by atoms with Crippen molar-refractivity contribution in [2.24, 2.45) is 27.6 Å². The van der Waals surface area contributed by atoms with Crippen molar-refractivity contribution >= 4 is 224 Å². The minimum absolute atomic E-state index is 0.0397. The Labute approximate surface area is 926 Å². The first kappa shape index (κ1) is 145. The van der Waals surface area contributed by atoms with E-state index in [4.69, 9.17) is 115 Å². The summed E-state index contributed by atoms with van der Waals surface area (Å²) in [5.74, 6) is -1.08. The second-order valence-corrected chi connectivity index (χ2v) is 134. The molecule has 2 amide bonds. The molecule has 2 fully saturated rings. The van der Waals surface area contributed by atoms with Gasteiger partial charge in [-0.05, 0) is 392 Å². The maximum absolute atomic E-state index is 13.4. The van der Waals surface area contributed by atoms with Gasteiger partial charge in [0.05, 0.1) is 19.8 Å².